The van der Waals surface area contributed by atoms with Crippen LogP contribution in [0.2, 0.25) is 0 Å². The van der Waals surface area contributed by atoms with Crippen molar-refractivity contribution >= 4 is 12.0 Å². The third-order valence-corrected chi connectivity index (χ3v) is 4.64. The molecule has 4 nitrogen and oxygen atoms in total. The molecule has 2 aromatic carbocycles. The Balaban J connectivity index is 1.72. The standard InChI is InChI=1S/C25H26N2O2/c1-3-16-27(25(28)15-14-21-9-5-4-6-10-21)20-23-12-8-17-26(23)19-22-11-7-13-24(18-22)29-2/h3-15,17-18H,1,16,19-20H2,2H3/b15-14+. The molecule has 0 aliphatic heterocycles. The van der Waals surface area contributed by atoms with E-state index in [4.69, 9.17) is 4.74 Å². The van der Waals surface area contributed by atoms with Gasteiger partial charge in [-0.1, -0.05) is 48.5 Å². The van der Waals surface area contributed by atoms with E-state index in [2.05, 4.69) is 17.2 Å². The second kappa shape index (κ2) is 10.1. The molecule has 0 aliphatic rings. The van der Waals surface area contributed by atoms with Gasteiger partial charge in [0.1, 0.15) is 5.75 Å². The molecule has 3 aromatic rings. The zero-order valence-corrected chi connectivity index (χ0v) is 16.7. The van der Waals surface area contributed by atoms with Crippen molar-refractivity contribution in [2.75, 3.05) is 13.7 Å². The summed E-state index contributed by atoms with van der Waals surface area (Å²) in [6.07, 6.45) is 7.25. The summed E-state index contributed by atoms with van der Waals surface area (Å²) in [5.74, 6) is 0.800. The molecule has 1 heterocycles. The molecule has 0 atom stereocenters. The molecule has 0 fully saturated rings. The first-order valence-corrected chi connectivity index (χ1v) is 9.59. The number of nitrogens with zero attached hydrogens (tertiary/aromatic N) is 2. The van der Waals surface area contributed by atoms with Gasteiger partial charge in [0.2, 0.25) is 5.91 Å². The third kappa shape index (κ3) is 5.72. The number of ether oxygens (including phenoxy) is 1. The van der Waals surface area contributed by atoms with Crippen LogP contribution in [0.15, 0.2) is 91.7 Å². The maximum atomic E-state index is 12.8. The SMILES string of the molecule is C=CCN(Cc1cccn1Cc1cccc(OC)c1)C(=O)/C=C/c1ccccc1. The van der Waals surface area contributed by atoms with Crippen LogP contribution in [0.5, 0.6) is 5.75 Å². The monoisotopic (exact) mass is 386 g/mol. The zero-order valence-electron chi connectivity index (χ0n) is 16.7. The van der Waals surface area contributed by atoms with Crippen LogP contribution in [-0.2, 0) is 17.9 Å². The Labute approximate surface area is 172 Å². The highest BCUT2D eigenvalue weighted by Gasteiger charge is 2.12. The minimum absolute atomic E-state index is 0.0390. The first kappa shape index (κ1) is 20.2. The average molecular weight is 386 g/mol. The highest BCUT2D eigenvalue weighted by atomic mass is 16.5. The van der Waals surface area contributed by atoms with Crippen LogP contribution in [0.25, 0.3) is 6.08 Å². The molecule has 148 valence electrons. The molecule has 0 aliphatic carbocycles. The van der Waals surface area contributed by atoms with E-state index in [-0.39, 0.29) is 5.91 Å². The summed E-state index contributed by atoms with van der Waals surface area (Å²) in [6, 6.07) is 21.9. The molecule has 0 bridgehead atoms. The van der Waals surface area contributed by atoms with Crippen molar-refractivity contribution in [2.24, 2.45) is 0 Å². The molecule has 29 heavy (non-hydrogen) atoms. The fourth-order valence-corrected chi connectivity index (χ4v) is 3.14. The molecule has 3 rings (SSSR count). The van der Waals surface area contributed by atoms with Gasteiger partial charge in [-0.15, -0.1) is 6.58 Å². The summed E-state index contributed by atoms with van der Waals surface area (Å²) < 4.78 is 7.47. The van der Waals surface area contributed by atoms with Crippen LogP contribution in [-0.4, -0.2) is 29.0 Å². The first-order valence-electron chi connectivity index (χ1n) is 9.59. The second-order valence-electron chi connectivity index (χ2n) is 6.73. The van der Waals surface area contributed by atoms with E-state index in [0.29, 0.717) is 13.1 Å². The molecule has 0 radical (unpaired) electrons. The van der Waals surface area contributed by atoms with Crippen LogP contribution < -0.4 is 4.74 Å². The minimum atomic E-state index is -0.0390. The van der Waals surface area contributed by atoms with Gasteiger partial charge in [0.15, 0.2) is 0 Å². The van der Waals surface area contributed by atoms with Crippen LogP contribution in [0.1, 0.15) is 16.8 Å². The lowest BCUT2D eigenvalue weighted by Crippen LogP contribution is -2.30. The van der Waals surface area contributed by atoms with Crippen LogP contribution in [0.4, 0.5) is 0 Å². The van der Waals surface area contributed by atoms with Gasteiger partial charge < -0.3 is 14.2 Å². The first-order chi connectivity index (χ1) is 14.2. The minimum Gasteiger partial charge on any atom is -0.497 e. The van der Waals surface area contributed by atoms with Gasteiger partial charge in [0.05, 0.1) is 13.7 Å². The molecule has 4 heteroatoms. The maximum Gasteiger partial charge on any atom is 0.247 e. The normalized spacial score (nSPS) is 10.8. The zero-order chi connectivity index (χ0) is 20.5. The number of hydrogen-bond acceptors (Lipinski definition) is 2. The highest BCUT2D eigenvalue weighted by Crippen LogP contribution is 2.16. The number of hydrogen-bond donors (Lipinski definition) is 0. The number of carbonyl (C=O) groups is 1. The van der Waals surface area contributed by atoms with E-state index in [1.54, 1.807) is 24.2 Å². The van der Waals surface area contributed by atoms with Gasteiger partial charge >= 0.3 is 0 Å². The molecule has 0 spiro atoms. The van der Waals surface area contributed by atoms with Gasteiger partial charge in [-0.2, -0.15) is 0 Å². The van der Waals surface area contributed by atoms with Crippen molar-refractivity contribution in [3.05, 3.63) is 108 Å². The van der Waals surface area contributed by atoms with Crippen LogP contribution >= 0.6 is 0 Å². The molecular formula is C25H26N2O2. The third-order valence-electron chi connectivity index (χ3n) is 4.64. The molecular weight excluding hydrogens is 360 g/mol. The smallest absolute Gasteiger partial charge is 0.247 e. The van der Waals surface area contributed by atoms with Crippen molar-refractivity contribution in [3.63, 3.8) is 0 Å². The van der Waals surface area contributed by atoms with E-state index in [0.717, 1.165) is 29.1 Å². The fourth-order valence-electron chi connectivity index (χ4n) is 3.14. The predicted octanol–water partition coefficient (Wildman–Crippen LogP) is 4.77. The Morgan fingerprint density at radius 2 is 1.93 bits per heavy atom. The van der Waals surface area contributed by atoms with Crippen molar-refractivity contribution in [3.8, 4) is 5.75 Å². The predicted molar refractivity (Wildman–Crippen MR) is 118 cm³/mol. The van der Waals surface area contributed by atoms with Crippen LogP contribution in [0.3, 0.4) is 0 Å². The molecule has 1 amide bonds. The van der Waals surface area contributed by atoms with Crippen molar-refractivity contribution < 1.29 is 9.53 Å². The fraction of sp³-hybridized carbons (Fsp3) is 0.160. The lowest BCUT2D eigenvalue weighted by atomic mass is 10.2. The van der Waals surface area contributed by atoms with Crippen LogP contribution in [0, 0.1) is 0 Å². The van der Waals surface area contributed by atoms with Gasteiger partial charge in [-0.25, -0.2) is 0 Å². The van der Waals surface area contributed by atoms with Crippen molar-refractivity contribution in [1.82, 2.24) is 9.47 Å². The van der Waals surface area contributed by atoms with E-state index >= 15 is 0 Å². The number of methoxy groups -OCH3 is 1. The molecule has 0 N–H and O–H groups in total. The number of carbonyl (C=O) groups excluding carboxylic acids is 1. The molecule has 0 saturated carbocycles. The second-order valence-corrected chi connectivity index (χ2v) is 6.73. The molecule has 0 unspecified atom stereocenters. The summed E-state index contributed by atoms with van der Waals surface area (Å²) >= 11 is 0. The Hall–Kier alpha value is -3.53. The highest BCUT2D eigenvalue weighted by molar-refractivity contribution is 5.91. The van der Waals surface area contributed by atoms with Crippen molar-refractivity contribution in [2.45, 2.75) is 13.1 Å². The summed E-state index contributed by atoms with van der Waals surface area (Å²) in [6.45, 7) is 5.52. The lowest BCUT2D eigenvalue weighted by molar-refractivity contribution is -0.126. The Kier molecular flexibility index (Phi) is 7.06. The van der Waals surface area contributed by atoms with Gasteiger partial charge in [-0.3, -0.25) is 4.79 Å². The number of amides is 1. The quantitative estimate of drug-likeness (QED) is 0.392. The van der Waals surface area contributed by atoms with Crippen molar-refractivity contribution in [1.29, 1.82) is 0 Å². The Bertz CT molecular complexity index is 973. The van der Waals surface area contributed by atoms with Gasteiger partial charge in [0.25, 0.3) is 0 Å². The number of rotatable bonds is 9. The lowest BCUT2D eigenvalue weighted by Gasteiger charge is -2.21. The average Bonchev–Trinajstić information content (AvgIpc) is 3.19. The summed E-state index contributed by atoms with van der Waals surface area (Å²) in [5.41, 5.74) is 3.21. The number of aromatic nitrogens is 1. The Morgan fingerprint density at radius 3 is 2.69 bits per heavy atom. The Morgan fingerprint density at radius 1 is 1.10 bits per heavy atom. The van der Waals surface area contributed by atoms with Gasteiger partial charge in [0, 0.05) is 31.1 Å². The number of benzene rings is 2. The maximum absolute atomic E-state index is 12.8. The van der Waals surface area contributed by atoms with E-state index < -0.39 is 0 Å². The summed E-state index contributed by atoms with van der Waals surface area (Å²) in [5, 5.41) is 0. The summed E-state index contributed by atoms with van der Waals surface area (Å²) in [4.78, 5) is 14.5. The summed E-state index contributed by atoms with van der Waals surface area (Å²) in [7, 11) is 1.67. The molecule has 0 saturated heterocycles. The topological polar surface area (TPSA) is 34.5 Å². The van der Waals surface area contributed by atoms with E-state index in [9.17, 15) is 4.79 Å². The largest absolute Gasteiger partial charge is 0.497 e. The van der Waals surface area contributed by atoms with E-state index in [1.165, 1.54) is 0 Å². The molecule has 1 aromatic heterocycles. The van der Waals surface area contributed by atoms with E-state index in [1.807, 2.05) is 72.9 Å². The van der Waals surface area contributed by atoms with Gasteiger partial charge in [-0.05, 0) is 41.5 Å².